The molecule has 0 spiro atoms. The topological polar surface area (TPSA) is 172 Å². The van der Waals surface area contributed by atoms with Crippen molar-refractivity contribution in [3.05, 3.63) is 22.3 Å². The molecular weight excluding hydrogens is 459 g/mol. The fourth-order valence-electron chi connectivity index (χ4n) is 3.00. The summed E-state index contributed by atoms with van der Waals surface area (Å²) in [6.45, 7) is 0.853. The van der Waals surface area contributed by atoms with Gasteiger partial charge in [-0.05, 0) is 6.92 Å². The number of anilines is 1. The number of nitrogen functional groups attached to an aromatic ring is 1. The Labute approximate surface area is 207 Å². The molecular formula is C17H17N4NaO7S2. The summed E-state index contributed by atoms with van der Waals surface area (Å²) in [6, 6.07) is -0.894. The number of carboxylic acid groups (broad SMARTS) is 1. The van der Waals surface area contributed by atoms with E-state index in [9.17, 15) is 29.1 Å². The van der Waals surface area contributed by atoms with Crippen LogP contribution in [0.5, 0.6) is 0 Å². The van der Waals surface area contributed by atoms with Crippen LogP contribution in [0.25, 0.3) is 0 Å². The van der Waals surface area contributed by atoms with Crippen molar-refractivity contribution in [1.82, 2.24) is 15.2 Å². The van der Waals surface area contributed by atoms with Crippen LogP contribution in [0.1, 0.15) is 19.0 Å². The summed E-state index contributed by atoms with van der Waals surface area (Å²) in [6.07, 6.45) is -0.486. The Kier molecular flexibility index (Phi) is 8.65. The van der Waals surface area contributed by atoms with Crippen LogP contribution >= 0.6 is 23.1 Å². The zero-order valence-electron chi connectivity index (χ0n) is 16.7. The largest absolute Gasteiger partial charge is 1.00 e. The maximum Gasteiger partial charge on any atom is 1.00 e. The van der Waals surface area contributed by atoms with Gasteiger partial charge in [0.05, 0.1) is 23.8 Å². The van der Waals surface area contributed by atoms with E-state index >= 15 is 0 Å². The number of amides is 2. The third-order valence-electron chi connectivity index (χ3n) is 4.27. The number of Topliss-reactive ketones (excluding diaryl/α,β-unsaturated/α-hetero) is 1. The van der Waals surface area contributed by atoms with Gasteiger partial charge in [0.2, 0.25) is 5.91 Å². The van der Waals surface area contributed by atoms with Gasteiger partial charge in [-0.1, -0.05) is 0 Å². The maximum atomic E-state index is 12.5. The number of thiazole rings is 1. The molecule has 3 rings (SSSR count). The molecule has 1 fully saturated rings. The van der Waals surface area contributed by atoms with Crippen molar-refractivity contribution in [1.29, 1.82) is 0 Å². The summed E-state index contributed by atoms with van der Waals surface area (Å²) in [5, 5.41) is 15.5. The van der Waals surface area contributed by atoms with E-state index in [1.165, 1.54) is 30.0 Å². The van der Waals surface area contributed by atoms with E-state index < -0.39 is 41.6 Å². The number of hydrogen-bond acceptors (Lipinski definition) is 11. The number of carbonyl (C=O) groups excluding carboxylic acids is 5. The number of nitrogens with two attached hydrogens (primary N) is 1. The molecule has 3 heterocycles. The number of hydrogen-bond donors (Lipinski definition) is 2. The molecule has 1 saturated heterocycles. The minimum Gasteiger partial charge on any atom is -0.543 e. The van der Waals surface area contributed by atoms with Crippen LogP contribution in [0.3, 0.4) is 0 Å². The van der Waals surface area contributed by atoms with Crippen molar-refractivity contribution in [2.75, 3.05) is 18.1 Å². The van der Waals surface area contributed by atoms with Gasteiger partial charge < -0.3 is 25.7 Å². The second-order valence-electron chi connectivity index (χ2n) is 6.59. The van der Waals surface area contributed by atoms with E-state index in [4.69, 9.17) is 10.5 Å². The van der Waals surface area contributed by atoms with E-state index in [-0.39, 0.29) is 65.4 Å². The van der Waals surface area contributed by atoms with Crippen LogP contribution in [0.2, 0.25) is 0 Å². The number of ketones is 1. The van der Waals surface area contributed by atoms with Crippen molar-refractivity contribution >= 4 is 57.8 Å². The summed E-state index contributed by atoms with van der Waals surface area (Å²) in [7, 11) is 0. The second-order valence-corrected chi connectivity index (χ2v) is 8.58. The first kappa shape index (κ1) is 25.3. The van der Waals surface area contributed by atoms with Gasteiger partial charge in [0.25, 0.3) is 5.91 Å². The molecule has 0 aliphatic carbocycles. The zero-order chi connectivity index (χ0) is 22.0. The molecule has 1 aromatic heterocycles. The summed E-state index contributed by atoms with van der Waals surface area (Å²) in [4.78, 5) is 63.8. The number of carbonyl (C=O) groups is 5. The summed E-state index contributed by atoms with van der Waals surface area (Å²) < 4.78 is 4.93. The van der Waals surface area contributed by atoms with Crippen molar-refractivity contribution in [3.63, 3.8) is 0 Å². The number of carboxylic acids is 1. The number of nitrogens with zero attached hydrogens (tertiary/aromatic N) is 2. The molecule has 3 N–H and O–H groups in total. The minimum absolute atomic E-state index is 0. The Morgan fingerprint density at radius 2 is 2.10 bits per heavy atom. The number of aliphatic carboxylic acids is 1. The first-order valence-electron chi connectivity index (χ1n) is 8.69. The van der Waals surface area contributed by atoms with Crippen molar-refractivity contribution in [3.8, 4) is 0 Å². The SMILES string of the molecule is CC(=O)CC(=O)OCC1=C(C(=O)[O-])N2C(=O)[C@@H](NC(=O)Cc3csc(N)n3)[C@@H]2SC1.[Na+]. The molecule has 11 nitrogen and oxygen atoms in total. The van der Waals surface area contributed by atoms with E-state index in [1.54, 1.807) is 5.38 Å². The van der Waals surface area contributed by atoms with E-state index in [2.05, 4.69) is 10.3 Å². The van der Waals surface area contributed by atoms with Gasteiger partial charge in [0, 0.05) is 16.7 Å². The van der Waals surface area contributed by atoms with E-state index in [0.29, 0.717) is 10.8 Å². The Balaban J connectivity index is 0.00000341. The van der Waals surface area contributed by atoms with Crippen LogP contribution in [-0.4, -0.2) is 63.2 Å². The number of aromatic nitrogens is 1. The second kappa shape index (κ2) is 10.6. The van der Waals surface area contributed by atoms with Crippen LogP contribution in [0, 0.1) is 0 Å². The fourth-order valence-corrected chi connectivity index (χ4v) is 4.89. The first-order chi connectivity index (χ1) is 14.2. The smallest absolute Gasteiger partial charge is 0.543 e. The Bertz CT molecular complexity index is 964. The Morgan fingerprint density at radius 3 is 2.68 bits per heavy atom. The Hall–Kier alpha value is -1.93. The summed E-state index contributed by atoms with van der Waals surface area (Å²) >= 11 is 2.41. The third kappa shape index (κ3) is 5.86. The van der Waals surface area contributed by atoms with Crippen molar-refractivity contribution < 1.29 is 63.4 Å². The zero-order valence-corrected chi connectivity index (χ0v) is 20.3. The molecule has 2 atom stereocenters. The molecule has 14 heteroatoms. The predicted octanol–water partition coefficient (Wildman–Crippen LogP) is -4.80. The van der Waals surface area contributed by atoms with Gasteiger partial charge in [0.15, 0.2) is 5.13 Å². The van der Waals surface area contributed by atoms with Crippen molar-refractivity contribution in [2.24, 2.45) is 0 Å². The van der Waals surface area contributed by atoms with E-state index in [1.807, 2.05) is 0 Å². The number of β-lactam (4-membered cyclic amide) rings is 1. The van der Waals surface area contributed by atoms with Gasteiger partial charge in [-0.15, -0.1) is 23.1 Å². The standard InChI is InChI=1S/C17H18N4O7S2.Na/c1-7(22)2-11(24)28-4-8-5-29-15-12(14(25)21(15)13(8)16(26)27)20-10(23)3-9-6-30-17(18)19-9;/h6,12,15H,2-5H2,1H3,(H2,18,19)(H,20,23)(H,26,27);/q;+1/p-1/t12-,15+;/m1./s1. The van der Waals surface area contributed by atoms with Crippen LogP contribution in [-0.2, 0) is 35.1 Å². The van der Waals surface area contributed by atoms with Gasteiger partial charge in [-0.2, -0.15) is 0 Å². The summed E-state index contributed by atoms with van der Waals surface area (Å²) in [5.41, 5.74) is 5.80. The average molecular weight is 476 g/mol. The molecule has 0 aromatic carbocycles. The monoisotopic (exact) mass is 476 g/mol. The molecule has 0 bridgehead atoms. The van der Waals surface area contributed by atoms with Gasteiger partial charge in [0.1, 0.15) is 30.2 Å². The third-order valence-corrected chi connectivity index (χ3v) is 6.33. The number of esters is 1. The molecule has 0 unspecified atom stereocenters. The van der Waals surface area contributed by atoms with Gasteiger partial charge >= 0.3 is 35.5 Å². The number of fused-ring (bicyclic) bond motifs is 1. The number of ether oxygens (including phenoxy) is 1. The molecule has 0 radical (unpaired) electrons. The van der Waals surface area contributed by atoms with Crippen LogP contribution < -0.4 is 45.7 Å². The predicted molar refractivity (Wildman–Crippen MR) is 104 cm³/mol. The fraction of sp³-hybridized carbons (Fsp3) is 0.412. The molecule has 160 valence electrons. The number of nitrogens with one attached hydrogen (secondary N) is 1. The van der Waals surface area contributed by atoms with Gasteiger partial charge in [-0.3, -0.25) is 24.1 Å². The van der Waals surface area contributed by atoms with Crippen LogP contribution in [0.4, 0.5) is 5.13 Å². The van der Waals surface area contributed by atoms with Crippen molar-refractivity contribution in [2.45, 2.75) is 31.2 Å². The first-order valence-corrected chi connectivity index (χ1v) is 10.6. The molecule has 31 heavy (non-hydrogen) atoms. The molecule has 0 saturated carbocycles. The molecule has 2 aliphatic rings. The molecule has 1 aromatic rings. The average Bonchev–Trinajstić information content (AvgIpc) is 3.07. The number of rotatable bonds is 8. The Morgan fingerprint density at radius 1 is 1.39 bits per heavy atom. The maximum absolute atomic E-state index is 12.5. The molecule has 2 amide bonds. The quantitative estimate of drug-likeness (QED) is 0.160. The van der Waals surface area contributed by atoms with Gasteiger partial charge in [-0.25, -0.2) is 4.98 Å². The minimum atomic E-state index is -1.59. The summed E-state index contributed by atoms with van der Waals surface area (Å²) in [5.74, 6) is -3.66. The van der Waals surface area contributed by atoms with E-state index in [0.717, 1.165) is 4.90 Å². The number of thioether (sulfide) groups is 1. The van der Waals surface area contributed by atoms with Crippen LogP contribution in [0.15, 0.2) is 16.7 Å². The normalized spacial score (nSPS) is 19.6. The molecule has 2 aliphatic heterocycles.